The average Bonchev–Trinajstić information content (AvgIpc) is 2.26. The van der Waals surface area contributed by atoms with Crippen LogP contribution in [0.2, 0.25) is 0 Å². The molecular weight excluding hydrogens is 168 g/mol. The van der Waals surface area contributed by atoms with Crippen molar-refractivity contribution in [2.45, 2.75) is 54.9 Å². The molecule has 0 spiro atoms. The van der Waals surface area contributed by atoms with Gasteiger partial charge >= 0.3 is 0 Å². The molecule has 1 rings (SSSR count). The Bertz CT molecular complexity index is 269. The minimum atomic E-state index is 0.303. The van der Waals surface area contributed by atoms with Crippen LogP contribution in [0.25, 0.3) is 0 Å². The second-order valence-electron chi connectivity index (χ2n) is 6.43. The number of hydrogen-bond acceptors (Lipinski definition) is 0. The Hall–Kier alpha value is -0.520. The van der Waals surface area contributed by atoms with Gasteiger partial charge in [-0.2, -0.15) is 0 Å². The van der Waals surface area contributed by atoms with E-state index >= 15 is 0 Å². The lowest BCUT2D eigenvalue weighted by Crippen LogP contribution is -2.12. The third-order valence-corrected chi connectivity index (χ3v) is 3.08. The maximum Gasteiger partial charge on any atom is -0.0122 e. The highest BCUT2D eigenvalue weighted by atomic mass is 14.3. The molecule has 0 heteroatoms. The van der Waals surface area contributed by atoms with E-state index < -0.39 is 0 Å². The fraction of sp³-hybridized carbons (Fsp3) is 0.714. The molecule has 0 aromatic rings. The number of rotatable bonds is 0. The Morgan fingerprint density at radius 2 is 1.43 bits per heavy atom. The van der Waals surface area contributed by atoms with E-state index in [9.17, 15) is 0 Å². The largest absolute Gasteiger partial charge is 0.0764 e. The van der Waals surface area contributed by atoms with Crippen LogP contribution in [0.4, 0.5) is 0 Å². The highest BCUT2D eigenvalue weighted by Gasteiger charge is 2.28. The summed E-state index contributed by atoms with van der Waals surface area (Å²) < 4.78 is 0. The van der Waals surface area contributed by atoms with Crippen LogP contribution in [0, 0.1) is 10.8 Å². The molecule has 1 aliphatic carbocycles. The van der Waals surface area contributed by atoms with E-state index in [1.807, 2.05) is 0 Å². The van der Waals surface area contributed by atoms with E-state index in [4.69, 9.17) is 0 Å². The summed E-state index contributed by atoms with van der Waals surface area (Å²) in [5.74, 6) is 0. The van der Waals surface area contributed by atoms with Gasteiger partial charge in [-0.15, -0.1) is 0 Å². The molecule has 0 aromatic heterocycles. The van der Waals surface area contributed by atoms with Crippen molar-refractivity contribution < 1.29 is 0 Å². The van der Waals surface area contributed by atoms with Gasteiger partial charge in [0.25, 0.3) is 0 Å². The van der Waals surface area contributed by atoms with Gasteiger partial charge < -0.3 is 0 Å². The summed E-state index contributed by atoms with van der Waals surface area (Å²) in [6, 6.07) is 0. The topological polar surface area (TPSA) is 0 Å². The van der Waals surface area contributed by atoms with Gasteiger partial charge in [0.05, 0.1) is 0 Å². The molecule has 0 bridgehead atoms. The van der Waals surface area contributed by atoms with Crippen molar-refractivity contribution in [2.75, 3.05) is 0 Å². The Labute approximate surface area is 89.1 Å². The summed E-state index contributed by atoms with van der Waals surface area (Å²) in [5, 5.41) is 0. The Morgan fingerprint density at radius 3 is 1.64 bits per heavy atom. The monoisotopic (exact) mass is 192 g/mol. The molecule has 0 unspecified atom stereocenters. The summed E-state index contributed by atoms with van der Waals surface area (Å²) >= 11 is 0. The molecule has 0 amide bonds. The van der Waals surface area contributed by atoms with Gasteiger partial charge in [0.2, 0.25) is 0 Å². The lowest BCUT2D eigenvalue weighted by Gasteiger charge is -2.26. The molecule has 14 heavy (non-hydrogen) atoms. The van der Waals surface area contributed by atoms with Crippen LogP contribution in [0.5, 0.6) is 0 Å². The molecule has 0 saturated heterocycles. The van der Waals surface area contributed by atoms with Crippen LogP contribution >= 0.6 is 0 Å². The van der Waals surface area contributed by atoms with E-state index in [1.54, 1.807) is 11.1 Å². The molecule has 0 N–H and O–H groups in total. The highest BCUT2D eigenvalue weighted by molar-refractivity contribution is 5.45. The van der Waals surface area contributed by atoms with Gasteiger partial charge in [-0.05, 0) is 35.3 Å². The van der Waals surface area contributed by atoms with Crippen molar-refractivity contribution in [1.29, 1.82) is 0 Å². The van der Waals surface area contributed by atoms with E-state index in [2.05, 4.69) is 54.5 Å². The standard InChI is InChI=1S/C14H24/c1-10-11(13(2,3)4)8-9-12(10)14(5,6)7/h8H,9H2,1-7H3. The van der Waals surface area contributed by atoms with Crippen molar-refractivity contribution in [1.82, 2.24) is 0 Å². The van der Waals surface area contributed by atoms with E-state index in [1.165, 1.54) is 5.57 Å². The first-order valence-electron chi connectivity index (χ1n) is 5.55. The lowest BCUT2D eigenvalue weighted by atomic mass is 9.79. The van der Waals surface area contributed by atoms with Crippen LogP contribution in [0.1, 0.15) is 54.9 Å². The van der Waals surface area contributed by atoms with Crippen LogP contribution in [0.3, 0.4) is 0 Å². The van der Waals surface area contributed by atoms with E-state index in [-0.39, 0.29) is 0 Å². The van der Waals surface area contributed by atoms with Gasteiger partial charge in [0, 0.05) is 0 Å². The predicted molar refractivity (Wildman–Crippen MR) is 64.3 cm³/mol. The second kappa shape index (κ2) is 3.25. The quantitative estimate of drug-likeness (QED) is 0.520. The van der Waals surface area contributed by atoms with Gasteiger partial charge in [0.1, 0.15) is 0 Å². The van der Waals surface area contributed by atoms with Gasteiger partial charge in [0.15, 0.2) is 0 Å². The molecule has 0 radical (unpaired) electrons. The molecule has 0 heterocycles. The second-order valence-corrected chi connectivity index (χ2v) is 6.43. The van der Waals surface area contributed by atoms with E-state index in [0.717, 1.165) is 6.42 Å². The zero-order valence-corrected chi connectivity index (χ0v) is 10.8. The molecule has 0 atom stereocenters. The van der Waals surface area contributed by atoms with E-state index in [0.29, 0.717) is 10.8 Å². The van der Waals surface area contributed by atoms with Crippen molar-refractivity contribution >= 4 is 0 Å². The third-order valence-electron chi connectivity index (χ3n) is 3.08. The van der Waals surface area contributed by atoms with Crippen molar-refractivity contribution in [3.8, 4) is 0 Å². The summed E-state index contributed by atoms with van der Waals surface area (Å²) in [7, 11) is 0. The minimum Gasteiger partial charge on any atom is -0.0764 e. The van der Waals surface area contributed by atoms with Gasteiger partial charge in [-0.1, -0.05) is 53.2 Å². The zero-order valence-electron chi connectivity index (χ0n) is 10.8. The molecule has 0 aromatic carbocycles. The Kier molecular flexibility index (Phi) is 2.69. The summed E-state index contributed by atoms with van der Waals surface area (Å²) in [5.41, 5.74) is 5.32. The molecule has 0 aliphatic heterocycles. The molecule has 0 saturated carbocycles. The normalized spacial score (nSPS) is 18.9. The first-order valence-corrected chi connectivity index (χ1v) is 5.55. The first-order chi connectivity index (χ1) is 6.14. The molecular formula is C14H24. The van der Waals surface area contributed by atoms with Crippen molar-refractivity contribution in [2.24, 2.45) is 10.8 Å². The fourth-order valence-corrected chi connectivity index (χ4v) is 2.41. The van der Waals surface area contributed by atoms with Gasteiger partial charge in [-0.3, -0.25) is 0 Å². The molecule has 80 valence electrons. The third kappa shape index (κ3) is 2.10. The average molecular weight is 192 g/mol. The maximum absolute atomic E-state index is 2.41. The van der Waals surface area contributed by atoms with Crippen molar-refractivity contribution in [3.05, 3.63) is 22.8 Å². The Balaban J connectivity index is 3.05. The van der Waals surface area contributed by atoms with Crippen LogP contribution in [-0.4, -0.2) is 0 Å². The SMILES string of the molecule is CC1=C(C(C)(C)C)CC=C1C(C)(C)C. The van der Waals surface area contributed by atoms with Crippen LogP contribution in [-0.2, 0) is 0 Å². The molecule has 1 aliphatic rings. The Morgan fingerprint density at radius 1 is 0.929 bits per heavy atom. The number of allylic oxidation sites excluding steroid dienone is 4. The summed E-state index contributed by atoms with van der Waals surface area (Å²) in [6.07, 6.45) is 3.57. The fourth-order valence-electron chi connectivity index (χ4n) is 2.41. The van der Waals surface area contributed by atoms with Crippen LogP contribution in [0.15, 0.2) is 22.8 Å². The lowest BCUT2D eigenvalue weighted by molar-refractivity contribution is 0.486. The molecule has 0 fully saturated rings. The highest BCUT2D eigenvalue weighted by Crippen LogP contribution is 2.43. The van der Waals surface area contributed by atoms with Crippen molar-refractivity contribution in [3.63, 3.8) is 0 Å². The minimum absolute atomic E-state index is 0.303. The zero-order chi connectivity index (χ0) is 11.1. The number of hydrogen-bond donors (Lipinski definition) is 0. The van der Waals surface area contributed by atoms with Crippen LogP contribution < -0.4 is 0 Å². The summed E-state index contributed by atoms with van der Waals surface area (Å²) in [6.45, 7) is 16.1. The smallest absolute Gasteiger partial charge is 0.0122 e. The summed E-state index contributed by atoms with van der Waals surface area (Å²) in [4.78, 5) is 0. The maximum atomic E-state index is 2.41. The first kappa shape index (κ1) is 11.6. The predicted octanol–water partition coefficient (Wildman–Crippen LogP) is 4.73. The van der Waals surface area contributed by atoms with Gasteiger partial charge in [-0.25, -0.2) is 0 Å². The molecule has 0 nitrogen and oxygen atoms in total.